The number of aromatic hydroxyl groups is 1. The van der Waals surface area contributed by atoms with Gasteiger partial charge < -0.3 is 10.0 Å². The molecule has 2 atom stereocenters. The summed E-state index contributed by atoms with van der Waals surface area (Å²) in [6.45, 7) is 4.26. The van der Waals surface area contributed by atoms with Crippen molar-refractivity contribution >= 4 is 11.6 Å². The summed E-state index contributed by atoms with van der Waals surface area (Å²) in [6.07, 6.45) is 2.45. The average Bonchev–Trinajstić information content (AvgIpc) is 2.41. The number of benzene rings is 1. The minimum Gasteiger partial charge on any atom is -0.508 e. The fourth-order valence-electron chi connectivity index (χ4n) is 2.81. The molecule has 0 radical (unpaired) electrons. The standard InChI is InChI=1S/C15H23ClN2O/c1-11(14-9-12(16)6-7-15(14)19)18-8-4-5-13(10-18)17(2)3/h6-7,9,11,13,19H,4-5,8,10H2,1-3H3. The van der Waals surface area contributed by atoms with Crippen LogP contribution in [-0.4, -0.2) is 48.1 Å². The Hall–Kier alpha value is -0.770. The molecule has 4 heteroatoms. The molecule has 106 valence electrons. The molecule has 3 nitrogen and oxygen atoms in total. The van der Waals surface area contributed by atoms with E-state index < -0.39 is 0 Å². The molecular weight excluding hydrogens is 260 g/mol. The van der Waals surface area contributed by atoms with Gasteiger partial charge in [0.25, 0.3) is 0 Å². The van der Waals surface area contributed by atoms with Crippen molar-refractivity contribution in [2.75, 3.05) is 27.2 Å². The minimum atomic E-state index is 0.196. The van der Waals surface area contributed by atoms with Crippen LogP contribution in [0.2, 0.25) is 5.02 Å². The largest absolute Gasteiger partial charge is 0.508 e. The van der Waals surface area contributed by atoms with Crippen molar-refractivity contribution in [1.29, 1.82) is 0 Å². The first-order valence-corrected chi connectivity index (χ1v) is 7.25. The average molecular weight is 283 g/mol. The number of hydrogen-bond donors (Lipinski definition) is 1. The van der Waals surface area contributed by atoms with E-state index in [1.54, 1.807) is 12.1 Å². The van der Waals surface area contributed by atoms with Crippen LogP contribution in [0, 0.1) is 0 Å². The molecule has 1 heterocycles. The molecule has 19 heavy (non-hydrogen) atoms. The SMILES string of the molecule is CC(c1cc(Cl)ccc1O)N1CCCC(N(C)C)C1. The zero-order valence-corrected chi connectivity index (χ0v) is 12.7. The van der Waals surface area contributed by atoms with Crippen LogP contribution in [0.5, 0.6) is 5.75 Å². The van der Waals surface area contributed by atoms with Gasteiger partial charge in [0.2, 0.25) is 0 Å². The third-order valence-corrected chi connectivity index (χ3v) is 4.38. The number of likely N-dealkylation sites (N-methyl/N-ethyl adjacent to an activating group) is 1. The summed E-state index contributed by atoms with van der Waals surface area (Å²) in [4.78, 5) is 4.72. The number of hydrogen-bond acceptors (Lipinski definition) is 3. The summed E-state index contributed by atoms with van der Waals surface area (Å²) >= 11 is 6.04. The van der Waals surface area contributed by atoms with E-state index in [1.165, 1.54) is 12.8 Å². The molecule has 0 saturated carbocycles. The number of rotatable bonds is 3. The number of halogens is 1. The van der Waals surface area contributed by atoms with E-state index in [9.17, 15) is 5.11 Å². The Kier molecular flexibility index (Phi) is 4.71. The highest BCUT2D eigenvalue weighted by Gasteiger charge is 2.26. The lowest BCUT2D eigenvalue weighted by Gasteiger charge is -2.39. The van der Waals surface area contributed by atoms with Crippen molar-refractivity contribution in [1.82, 2.24) is 9.80 Å². The van der Waals surface area contributed by atoms with Gasteiger partial charge in [-0.1, -0.05) is 11.6 Å². The quantitative estimate of drug-likeness (QED) is 0.923. The Balaban J connectivity index is 2.14. The Labute approximate surface area is 120 Å². The summed E-state index contributed by atoms with van der Waals surface area (Å²) in [5.74, 6) is 0.337. The monoisotopic (exact) mass is 282 g/mol. The van der Waals surface area contributed by atoms with Crippen LogP contribution in [0.3, 0.4) is 0 Å². The van der Waals surface area contributed by atoms with Gasteiger partial charge in [-0.05, 0) is 58.6 Å². The predicted molar refractivity (Wildman–Crippen MR) is 79.8 cm³/mol. The first-order chi connectivity index (χ1) is 8.99. The molecule has 1 fully saturated rings. The molecule has 0 spiro atoms. The summed E-state index contributed by atoms with van der Waals surface area (Å²) < 4.78 is 0. The van der Waals surface area contributed by atoms with Gasteiger partial charge in [0.05, 0.1) is 0 Å². The van der Waals surface area contributed by atoms with Gasteiger partial charge in [-0.25, -0.2) is 0 Å². The molecule has 0 aromatic heterocycles. The summed E-state index contributed by atoms with van der Waals surface area (Å²) in [5, 5.41) is 10.7. The number of phenolic OH excluding ortho intramolecular Hbond substituents is 1. The Morgan fingerprint density at radius 2 is 2.16 bits per heavy atom. The molecular formula is C15H23ClN2O. The van der Waals surface area contributed by atoms with Crippen LogP contribution >= 0.6 is 11.6 Å². The molecule has 1 saturated heterocycles. The van der Waals surface area contributed by atoms with Crippen LogP contribution in [0.1, 0.15) is 31.4 Å². The van der Waals surface area contributed by atoms with Crippen molar-refractivity contribution in [3.8, 4) is 5.75 Å². The zero-order valence-electron chi connectivity index (χ0n) is 11.9. The van der Waals surface area contributed by atoms with E-state index in [4.69, 9.17) is 11.6 Å². The molecule has 1 aliphatic heterocycles. The molecule has 2 rings (SSSR count). The molecule has 0 amide bonds. The molecule has 0 bridgehead atoms. The maximum absolute atomic E-state index is 10.0. The number of likely N-dealkylation sites (tertiary alicyclic amines) is 1. The fraction of sp³-hybridized carbons (Fsp3) is 0.600. The molecule has 1 aromatic carbocycles. The highest BCUT2D eigenvalue weighted by atomic mass is 35.5. The normalized spacial score (nSPS) is 22.7. The summed E-state index contributed by atoms with van der Waals surface area (Å²) in [7, 11) is 4.27. The van der Waals surface area contributed by atoms with Gasteiger partial charge in [-0.3, -0.25) is 4.90 Å². The topological polar surface area (TPSA) is 26.7 Å². The van der Waals surface area contributed by atoms with Gasteiger partial charge in [0.15, 0.2) is 0 Å². The number of nitrogens with zero attached hydrogens (tertiary/aromatic N) is 2. The smallest absolute Gasteiger partial charge is 0.120 e. The lowest BCUT2D eigenvalue weighted by Crippen LogP contribution is -2.45. The Bertz CT molecular complexity index is 436. The summed E-state index contributed by atoms with van der Waals surface area (Å²) in [5.41, 5.74) is 0.923. The van der Waals surface area contributed by atoms with E-state index >= 15 is 0 Å². The van der Waals surface area contributed by atoms with Crippen LogP contribution < -0.4 is 0 Å². The van der Waals surface area contributed by atoms with Crippen LogP contribution in [0.25, 0.3) is 0 Å². The van der Waals surface area contributed by atoms with Crippen molar-refractivity contribution < 1.29 is 5.11 Å². The summed E-state index contributed by atoms with van der Waals surface area (Å²) in [6, 6.07) is 6.08. The Morgan fingerprint density at radius 3 is 2.84 bits per heavy atom. The maximum Gasteiger partial charge on any atom is 0.120 e. The van der Waals surface area contributed by atoms with E-state index in [-0.39, 0.29) is 6.04 Å². The molecule has 0 aliphatic carbocycles. The first kappa shape index (κ1) is 14.6. The third kappa shape index (κ3) is 3.41. The van der Waals surface area contributed by atoms with Crippen molar-refractivity contribution in [2.24, 2.45) is 0 Å². The van der Waals surface area contributed by atoms with Gasteiger partial charge >= 0.3 is 0 Å². The zero-order chi connectivity index (χ0) is 14.0. The third-order valence-electron chi connectivity index (χ3n) is 4.15. The number of piperidine rings is 1. The fourth-order valence-corrected chi connectivity index (χ4v) is 2.99. The highest BCUT2D eigenvalue weighted by molar-refractivity contribution is 6.30. The molecule has 1 aromatic rings. The van der Waals surface area contributed by atoms with Gasteiger partial charge in [-0.15, -0.1) is 0 Å². The molecule has 1 N–H and O–H groups in total. The maximum atomic E-state index is 10.0. The Morgan fingerprint density at radius 1 is 1.42 bits per heavy atom. The van der Waals surface area contributed by atoms with E-state index in [0.29, 0.717) is 16.8 Å². The minimum absolute atomic E-state index is 0.196. The van der Waals surface area contributed by atoms with Crippen LogP contribution in [0.4, 0.5) is 0 Å². The number of phenols is 1. The van der Waals surface area contributed by atoms with E-state index in [1.807, 2.05) is 6.07 Å². The van der Waals surface area contributed by atoms with E-state index in [0.717, 1.165) is 18.7 Å². The highest BCUT2D eigenvalue weighted by Crippen LogP contribution is 2.32. The van der Waals surface area contributed by atoms with Gasteiger partial charge in [0.1, 0.15) is 5.75 Å². The van der Waals surface area contributed by atoms with Crippen LogP contribution in [0.15, 0.2) is 18.2 Å². The molecule has 1 aliphatic rings. The van der Waals surface area contributed by atoms with Crippen molar-refractivity contribution in [3.63, 3.8) is 0 Å². The van der Waals surface area contributed by atoms with Gasteiger partial charge in [0, 0.05) is 29.2 Å². The lowest BCUT2D eigenvalue weighted by atomic mass is 9.99. The van der Waals surface area contributed by atoms with Gasteiger partial charge in [-0.2, -0.15) is 0 Å². The lowest BCUT2D eigenvalue weighted by molar-refractivity contribution is 0.101. The first-order valence-electron chi connectivity index (χ1n) is 6.88. The van der Waals surface area contributed by atoms with Crippen molar-refractivity contribution in [2.45, 2.75) is 31.8 Å². The second-order valence-corrected chi connectivity index (χ2v) is 6.07. The van der Waals surface area contributed by atoms with Crippen LogP contribution in [-0.2, 0) is 0 Å². The second-order valence-electron chi connectivity index (χ2n) is 5.63. The second kappa shape index (κ2) is 6.12. The van der Waals surface area contributed by atoms with E-state index in [2.05, 4.69) is 30.8 Å². The predicted octanol–water partition coefficient (Wildman–Crippen LogP) is 3.13. The molecule has 2 unspecified atom stereocenters. The van der Waals surface area contributed by atoms with Crippen molar-refractivity contribution in [3.05, 3.63) is 28.8 Å².